The molecule has 0 spiro atoms. The van der Waals surface area contributed by atoms with Crippen LogP contribution in [0.2, 0.25) is 0 Å². The maximum Gasteiger partial charge on any atom is 0.314 e. The minimum absolute atomic E-state index is 0.216. The molecule has 4 N–H and O–H groups in total. The van der Waals surface area contributed by atoms with E-state index < -0.39 is 0 Å². The monoisotopic (exact) mass is 502 g/mol. The average Bonchev–Trinajstić information content (AvgIpc) is 2.91. The summed E-state index contributed by atoms with van der Waals surface area (Å²) >= 11 is 0. The van der Waals surface area contributed by atoms with Crippen molar-refractivity contribution in [2.75, 3.05) is 53.6 Å². The van der Waals surface area contributed by atoms with Crippen molar-refractivity contribution in [2.24, 2.45) is 0 Å². The number of ether oxygens (including phenoxy) is 4. The number of nitrogens with one attached hydrogen (secondary N) is 4. The summed E-state index contributed by atoms with van der Waals surface area (Å²) in [4.78, 5) is 23.7. The second-order valence-corrected chi connectivity index (χ2v) is 7.78. The van der Waals surface area contributed by atoms with E-state index in [9.17, 15) is 9.59 Å². The zero-order chi connectivity index (χ0) is 25.8. The van der Waals surface area contributed by atoms with E-state index in [2.05, 4.69) is 21.3 Å². The Kier molecular flexibility index (Phi) is 13.9. The molecule has 198 valence electrons. The van der Waals surface area contributed by atoms with Crippen molar-refractivity contribution >= 4 is 12.1 Å². The Bertz CT molecular complexity index is 838. The highest BCUT2D eigenvalue weighted by molar-refractivity contribution is 5.74. The number of hydrogen-bond acceptors (Lipinski definition) is 6. The van der Waals surface area contributed by atoms with Gasteiger partial charge in [-0.1, -0.05) is 37.1 Å². The minimum Gasteiger partial charge on any atom is -0.493 e. The average molecular weight is 503 g/mol. The van der Waals surface area contributed by atoms with Gasteiger partial charge in [0.1, 0.15) is 13.2 Å². The fraction of sp³-hybridized carbons (Fsp3) is 0.462. The van der Waals surface area contributed by atoms with Crippen LogP contribution in [0.1, 0.15) is 25.7 Å². The van der Waals surface area contributed by atoms with Crippen molar-refractivity contribution in [3.8, 4) is 23.0 Å². The van der Waals surface area contributed by atoms with Gasteiger partial charge < -0.3 is 40.2 Å². The Morgan fingerprint density at radius 2 is 0.917 bits per heavy atom. The summed E-state index contributed by atoms with van der Waals surface area (Å²) in [6, 6.07) is 14.3. The Labute approximate surface area is 213 Å². The van der Waals surface area contributed by atoms with Crippen molar-refractivity contribution < 1.29 is 28.5 Å². The topological polar surface area (TPSA) is 119 Å². The van der Waals surface area contributed by atoms with Gasteiger partial charge in [-0.3, -0.25) is 0 Å². The lowest BCUT2D eigenvalue weighted by molar-refractivity contribution is 0.234. The number of hydrogen-bond donors (Lipinski definition) is 4. The molecule has 10 heteroatoms. The summed E-state index contributed by atoms with van der Waals surface area (Å²) in [5, 5.41) is 11.2. The molecule has 0 fully saturated rings. The largest absolute Gasteiger partial charge is 0.493 e. The van der Waals surface area contributed by atoms with E-state index in [1.165, 1.54) is 0 Å². The van der Waals surface area contributed by atoms with Crippen molar-refractivity contribution in [3.05, 3.63) is 48.5 Å². The van der Waals surface area contributed by atoms with E-state index in [1.807, 2.05) is 48.5 Å². The summed E-state index contributed by atoms with van der Waals surface area (Å²) in [6.45, 7) is 2.68. The maximum atomic E-state index is 11.8. The van der Waals surface area contributed by atoms with Crippen molar-refractivity contribution in [1.82, 2.24) is 21.3 Å². The molecular formula is C26H38N4O6. The summed E-state index contributed by atoms with van der Waals surface area (Å²) in [5.74, 6) is 2.61. The SMILES string of the molecule is COc1ccccc1OCCNC(=O)NCCCCCCNC(=O)NCCOc1ccccc1OC. The molecule has 0 aliphatic carbocycles. The molecule has 2 aromatic rings. The number of carbonyl (C=O) groups excluding carboxylic acids is 2. The van der Waals surface area contributed by atoms with Crippen LogP contribution in [-0.2, 0) is 0 Å². The quantitative estimate of drug-likeness (QED) is 0.247. The van der Waals surface area contributed by atoms with Gasteiger partial charge in [-0.25, -0.2) is 9.59 Å². The van der Waals surface area contributed by atoms with Gasteiger partial charge in [-0.2, -0.15) is 0 Å². The van der Waals surface area contributed by atoms with Crippen molar-refractivity contribution in [3.63, 3.8) is 0 Å². The van der Waals surface area contributed by atoms with Crippen LogP contribution in [0, 0.1) is 0 Å². The first kappa shape index (κ1) is 28.4. The molecule has 0 bridgehead atoms. The Hall–Kier alpha value is -3.82. The molecule has 0 aliphatic heterocycles. The van der Waals surface area contributed by atoms with Crippen LogP contribution in [0.25, 0.3) is 0 Å². The number of methoxy groups -OCH3 is 2. The van der Waals surface area contributed by atoms with E-state index >= 15 is 0 Å². The number of benzene rings is 2. The van der Waals surface area contributed by atoms with Crippen LogP contribution in [0.3, 0.4) is 0 Å². The highest BCUT2D eigenvalue weighted by atomic mass is 16.5. The van der Waals surface area contributed by atoms with Gasteiger partial charge in [-0.15, -0.1) is 0 Å². The van der Waals surface area contributed by atoms with Crippen LogP contribution in [0.5, 0.6) is 23.0 Å². The molecule has 2 rings (SSSR count). The summed E-state index contributed by atoms with van der Waals surface area (Å²) in [5.41, 5.74) is 0. The van der Waals surface area contributed by atoms with E-state index in [-0.39, 0.29) is 12.1 Å². The van der Waals surface area contributed by atoms with E-state index in [0.29, 0.717) is 62.4 Å². The molecule has 0 saturated carbocycles. The van der Waals surface area contributed by atoms with Gasteiger partial charge in [0.2, 0.25) is 0 Å². The van der Waals surface area contributed by atoms with Crippen LogP contribution in [-0.4, -0.2) is 65.7 Å². The molecule has 36 heavy (non-hydrogen) atoms. The third kappa shape index (κ3) is 11.5. The summed E-state index contributed by atoms with van der Waals surface area (Å²) in [6.07, 6.45) is 3.68. The molecule has 0 saturated heterocycles. The Morgan fingerprint density at radius 1 is 0.556 bits per heavy atom. The highest BCUT2D eigenvalue weighted by Gasteiger charge is 2.05. The summed E-state index contributed by atoms with van der Waals surface area (Å²) < 4.78 is 21.7. The zero-order valence-electron chi connectivity index (χ0n) is 21.1. The van der Waals surface area contributed by atoms with Crippen LogP contribution in [0.4, 0.5) is 9.59 Å². The van der Waals surface area contributed by atoms with Crippen LogP contribution in [0.15, 0.2) is 48.5 Å². The van der Waals surface area contributed by atoms with Gasteiger partial charge in [0.05, 0.1) is 27.3 Å². The minimum atomic E-state index is -0.216. The molecule has 0 aromatic heterocycles. The molecule has 0 heterocycles. The molecule has 0 unspecified atom stereocenters. The lowest BCUT2D eigenvalue weighted by atomic mass is 10.2. The third-order valence-electron chi connectivity index (χ3n) is 5.10. The molecule has 0 aliphatic rings. The standard InChI is InChI=1S/C26H38N4O6/c1-33-21-11-5-7-13-23(21)35-19-17-29-25(31)27-15-9-3-4-10-16-28-26(32)30-18-20-36-24-14-8-6-12-22(24)34-2/h5-8,11-14H,3-4,9-10,15-20H2,1-2H3,(H2,27,29,31)(H2,28,30,32). The van der Waals surface area contributed by atoms with E-state index in [1.54, 1.807) is 14.2 Å². The molecule has 0 radical (unpaired) electrons. The normalized spacial score (nSPS) is 10.2. The second-order valence-electron chi connectivity index (χ2n) is 7.78. The van der Waals surface area contributed by atoms with Crippen molar-refractivity contribution in [1.29, 1.82) is 0 Å². The van der Waals surface area contributed by atoms with Crippen LogP contribution < -0.4 is 40.2 Å². The van der Waals surface area contributed by atoms with Gasteiger partial charge in [0.25, 0.3) is 0 Å². The first-order chi connectivity index (χ1) is 17.6. The van der Waals surface area contributed by atoms with Crippen LogP contribution >= 0.6 is 0 Å². The molecule has 0 atom stereocenters. The molecule has 10 nitrogen and oxygen atoms in total. The van der Waals surface area contributed by atoms with E-state index in [4.69, 9.17) is 18.9 Å². The number of carbonyl (C=O) groups is 2. The highest BCUT2D eigenvalue weighted by Crippen LogP contribution is 2.26. The lowest BCUT2D eigenvalue weighted by Crippen LogP contribution is -2.38. The number of unbranched alkanes of at least 4 members (excludes halogenated alkanes) is 3. The summed E-state index contributed by atoms with van der Waals surface area (Å²) in [7, 11) is 3.18. The van der Waals surface area contributed by atoms with Gasteiger partial charge >= 0.3 is 12.1 Å². The van der Waals surface area contributed by atoms with Gasteiger partial charge in [-0.05, 0) is 37.1 Å². The number of para-hydroxylation sites is 4. The van der Waals surface area contributed by atoms with E-state index in [0.717, 1.165) is 25.7 Å². The smallest absolute Gasteiger partial charge is 0.314 e. The van der Waals surface area contributed by atoms with Crippen molar-refractivity contribution in [2.45, 2.75) is 25.7 Å². The fourth-order valence-corrected chi connectivity index (χ4v) is 3.26. The fourth-order valence-electron chi connectivity index (χ4n) is 3.26. The molecular weight excluding hydrogens is 464 g/mol. The van der Waals surface area contributed by atoms with Gasteiger partial charge in [0, 0.05) is 13.1 Å². The first-order valence-corrected chi connectivity index (χ1v) is 12.2. The predicted octanol–water partition coefficient (Wildman–Crippen LogP) is 3.32. The lowest BCUT2D eigenvalue weighted by Gasteiger charge is -2.11. The Balaban J connectivity index is 1.38. The first-order valence-electron chi connectivity index (χ1n) is 12.2. The number of amides is 4. The number of urea groups is 2. The maximum absolute atomic E-state index is 11.8. The zero-order valence-corrected chi connectivity index (χ0v) is 21.1. The third-order valence-corrected chi connectivity index (χ3v) is 5.10. The molecule has 4 amide bonds. The number of rotatable bonds is 17. The second kappa shape index (κ2) is 17.6. The predicted molar refractivity (Wildman–Crippen MR) is 138 cm³/mol. The Morgan fingerprint density at radius 3 is 1.31 bits per heavy atom. The molecule has 2 aromatic carbocycles. The van der Waals surface area contributed by atoms with Gasteiger partial charge in [0.15, 0.2) is 23.0 Å².